The summed E-state index contributed by atoms with van der Waals surface area (Å²) in [6.07, 6.45) is 0. The van der Waals surface area contributed by atoms with E-state index in [1.165, 1.54) is 20.7 Å². The van der Waals surface area contributed by atoms with Crippen LogP contribution < -0.4 is 0 Å². The minimum absolute atomic E-state index is 0.237. The molecular formula is C15H21BrFN3O3S. The van der Waals surface area contributed by atoms with Gasteiger partial charge in [0.25, 0.3) is 16.1 Å². The van der Waals surface area contributed by atoms with Gasteiger partial charge in [-0.3, -0.25) is 4.79 Å². The second-order valence-electron chi connectivity index (χ2n) is 5.44. The summed E-state index contributed by atoms with van der Waals surface area (Å²) in [5.41, 5.74) is 0.252. The van der Waals surface area contributed by atoms with Crippen molar-refractivity contribution in [1.29, 1.82) is 0 Å². The van der Waals surface area contributed by atoms with Crippen LogP contribution in [0.25, 0.3) is 0 Å². The summed E-state index contributed by atoms with van der Waals surface area (Å²) in [6, 6.07) is 4.03. The summed E-state index contributed by atoms with van der Waals surface area (Å²) in [5.74, 6) is -0.787. The van der Waals surface area contributed by atoms with Crippen molar-refractivity contribution in [2.24, 2.45) is 0 Å². The number of carbonyl (C=O) groups is 1. The van der Waals surface area contributed by atoms with E-state index >= 15 is 0 Å². The second-order valence-corrected chi connectivity index (χ2v) is 8.29. The Morgan fingerprint density at radius 3 is 2.25 bits per heavy atom. The summed E-state index contributed by atoms with van der Waals surface area (Å²) in [7, 11) is -3.49. The molecule has 0 spiro atoms. The average molecular weight is 422 g/mol. The number of benzene rings is 1. The highest BCUT2D eigenvalue weighted by Gasteiger charge is 2.32. The normalized spacial score (nSPS) is 16.6. The van der Waals surface area contributed by atoms with Gasteiger partial charge in [-0.15, -0.1) is 0 Å². The monoisotopic (exact) mass is 421 g/mol. The lowest BCUT2D eigenvalue weighted by atomic mass is 10.2. The topological polar surface area (TPSA) is 60.9 Å². The Balaban J connectivity index is 2.06. The maximum Gasteiger partial charge on any atom is 0.282 e. The van der Waals surface area contributed by atoms with E-state index < -0.39 is 16.0 Å². The van der Waals surface area contributed by atoms with Gasteiger partial charge in [0, 0.05) is 49.3 Å². The highest BCUT2D eigenvalue weighted by Crippen LogP contribution is 2.18. The lowest BCUT2D eigenvalue weighted by molar-refractivity contribution is 0.0693. The van der Waals surface area contributed by atoms with E-state index in [1.807, 2.05) is 0 Å². The van der Waals surface area contributed by atoms with Crippen molar-refractivity contribution >= 4 is 32.0 Å². The van der Waals surface area contributed by atoms with Gasteiger partial charge in [-0.05, 0) is 18.2 Å². The number of hydrogen-bond acceptors (Lipinski definition) is 3. The van der Waals surface area contributed by atoms with Crippen LogP contribution in [0.3, 0.4) is 0 Å². The molecule has 0 aliphatic carbocycles. The number of piperazine rings is 1. The summed E-state index contributed by atoms with van der Waals surface area (Å²) >= 11 is 3.17. The first-order valence-electron chi connectivity index (χ1n) is 7.80. The summed E-state index contributed by atoms with van der Waals surface area (Å²) in [4.78, 5) is 14.0. The molecule has 24 heavy (non-hydrogen) atoms. The van der Waals surface area contributed by atoms with Crippen LogP contribution >= 0.6 is 15.9 Å². The molecule has 9 heteroatoms. The largest absolute Gasteiger partial charge is 0.336 e. The fourth-order valence-electron chi connectivity index (χ4n) is 2.69. The molecule has 0 atom stereocenters. The zero-order chi connectivity index (χ0) is 17.9. The van der Waals surface area contributed by atoms with Gasteiger partial charge in [-0.25, -0.2) is 4.39 Å². The molecule has 1 aliphatic heterocycles. The molecule has 1 saturated heterocycles. The molecule has 2 rings (SSSR count). The maximum absolute atomic E-state index is 13.4. The Morgan fingerprint density at radius 2 is 1.75 bits per heavy atom. The predicted molar refractivity (Wildman–Crippen MR) is 93.4 cm³/mol. The first-order chi connectivity index (χ1) is 11.3. The van der Waals surface area contributed by atoms with Gasteiger partial charge in [0.15, 0.2) is 0 Å². The van der Waals surface area contributed by atoms with Gasteiger partial charge >= 0.3 is 0 Å². The van der Waals surface area contributed by atoms with Gasteiger partial charge in [0.05, 0.1) is 0 Å². The maximum atomic E-state index is 13.4. The molecule has 1 amide bonds. The number of carbonyl (C=O) groups excluding carboxylic acids is 1. The fraction of sp³-hybridized carbons (Fsp3) is 0.533. The molecule has 134 valence electrons. The Morgan fingerprint density at radius 1 is 1.17 bits per heavy atom. The molecule has 0 aromatic heterocycles. The van der Waals surface area contributed by atoms with E-state index in [2.05, 4.69) is 15.9 Å². The van der Waals surface area contributed by atoms with Gasteiger partial charge in [0.1, 0.15) is 5.82 Å². The Bertz CT molecular complexity index is 682. The van der Waals surface area contributed by atoms with Crippen molar-refractivity contribution in [1.82, 2.24) is 13.5 Å². The van der Waals surface area contributed by atoms with Crippen molar-refractivity contribution in [3.8, 4) is 0 Å². The minimum atomic E-state index is -3.49. The highest BCUT2D eigenvalue weighted by atomic mass is 79.9. The molecule has 0 unspecified atom stereocenters. The SMILES string of the molecule is CCN(CC)S(=O)(=O)N1CCN(C(=O)c2cc(F)cc(Br)c2)CC1. The third-order valence-corrected chi connectivity index (χ3v) is 6.64. The third kappa shape index (κ3) is 4.14. The van der Waals surface area contributed by atoms with Crippen LogP contribution in [0.2, 0.25) is 0 Å². The molecule has 1 aromatic rings. The van der Waals surface area contributed by atoms with Gasteiger partial charge in [-0.2, -0.15) is 17.0 Å². The van der Waals surface area contributed by atoms with Crippen LogP contribution in [-0.4, -0.2) is 67.1 Å². The fourth-order valence-corrected chi connectivity index (χ4v) is 4.76. The molecule has 1 heterocycles. The van der Waals surface area contributed by atoms with E-state index in [4.69, 9.17) is 0 Å². The number of hydrogen-bond donors (Lipinski definition) is 0. The van der Waals surface area contributed by atoms with Crippen LogP contribution in [0.4, 0.5) is 4.39 Å². The molecule has 0 radical (unpaired) electrons. The van der Waals surface area contributed by atoms with Crippen molar-refractivity contribution in [2.75, 3.05) is 39.3 Å². The van der Waals surface area contributed by atoms with Crippen LogP contribution in [0, 0.1) is 5.82 Å². The van der Waals surface area contributed by atoms with Crippen molar-refractivity contribution in [3.05, 3.63) is 34.1 Å². The van der Waals surface area contributed by atoms with E-state index in [9.17, 15) is 17.6 Å². The lowest BCUT2D eigenvalue weighted by Crippen LogP contribution is -2.54. The Kier molecular flexibility index (Phi) is 6.35. The smallest absolute Gasteiger partial charge is 0.282 e. The van der Waals surface area contributed by atoms with E-state index in [0.29, 0.717) is 17.6 Å². The Labute approximate surface area is 150 Å². The van der Waals surface area contributed by atoms with Gasteiger partial charge < -0.3 is 4.90 Å². The zero-order valence-corrected chi connectivity index (χ0v) is 16.1. The number of nitrogens with zero attached hydrogens (tertiary/aromatic N) is 3. The molecule has 0 saturated carbocycles. The van der Waals surface area contributed by atoms with Crippen LogP contribution in [0.1, 0.15) is 24.2 Å². The standard InChI is InChI=1S/C15H21BrFN3O3S/c1-3-19(4-2)24(22,23)20-7-5-18(6-8-20)15(21)12-9-13(16)11-14(17)10-12/h9-11H,3-8H2,1-2H3. The van der Waals surface area contributed by atoms with E-state index in [0.717, 1.165) is 0 Å². The zero-order valence-electron chi connectivity index (χ0n) is 13.7. The Hall–Kier alpha value is -1.03. The van der Waals surface area contributed by atoms with E-state index in [1.54, 1.807) is 24.8 Å². The molecule has 0 N–H and O–H groups in total. The third-order valence-electron chi connectivity index (χ3n) is 3.99. The molecule has 6 nitrogen and oxygen atoms in total. The van der Waals surface area contributed by atoms with Crippen molar-refractivity contribution < 1.29 is 17.6 Å². The predicted octanol–water partition coefficient (Wildman–Crippen LogP) is 1.93. The molecule has 1 aliphatic rings. The quantitative estimate of drug-likeness (QED) is 0.729. The number of halogens is 2. The highest BCUT2D eigenvalue weighted by molar-refractivity contribution is 9.10. The van der Waals surface area contributed by atoms with Crippen LogP contribution in [-0.2, 0) is 10.2 Å². The summed E-state index contributed by atoms with van der Waals surface area (Å²) in [6.45, 7) is 5.46. The number of rotatable bonds is 5. The first-order valence-corrected chi connectivity index (χ1v) is 9.99. The second kappa shape index (κ2) is 7.90. The van der Waals surface area contributed by atoms with Crippen molar-refractivity contribution in [2.45, 2.75) is 13.8 Å². The van der Waals surface area contributed by atoms with Crippen molar-refractivity contribution in [3.63, 3.8) is 0 Å². The lowest BCUT2D eigenvalue weighted by Gasteiger charge is -2.36. The van der Waals surface area contributed by atoms with Crippen LogP contribution in [0.5, 0.6) is 0 Å². The summed E-state index contributed by atoms with van der Waals surface area (Å²) in [5, 5.41) is 0. The molecule has 1 fully saturated rings. The first kappa shape index (κ1) is 19.3. The van der Waals surface area contributed by atoms with Gasteiger partial charge in [-0.1, -0.05) is 29.8 Å². The molecule has 0 bridgehead atoms. The summed E-state index contributed by atoms with van der Waals surface area (Å²) < 4.78 is 41.7. The average Bonchev–Trinajstić information content (AvgIpc) is 2.54. The van der Waals surface area contributed by atoms with Gasteiger partial charge in [0.2, 0.25) is 0 Å². The molecule has 1 aromatic carbocycles. The van der Waals surface area contributed by atoms with Crippen LogP contribution in [0.15, 0.2) is 22.7 Å². The minimum Gasteiger partial charge on any atom is -0.336 e. The van der Waals surface area contributed by atoms with E-state index in [-0.39, 0.29) is 37.6 Å². The molecular weight excluding hydrogens is 401 g/mol. The number of amides is 1.